The van der Waals surface area contributed by atoms with E-state index in [0.29, 0.717) is 12.3 Å². The quantitative estimate of drug-likeness (QED) is 0.505. The van der Waals surface area contributed by atoms with E-state index in [1.54, 1.807) is 0 Å². The molecule has 1 aromatic rings. The molecule has 4 heteroatoms. The molecule has 17 heavy (non-hydrogen) atoms. The summed E-state index contributed by atoms with van der Waals surface area (Å²) in [7, 11) is 0. The van der Waals surface area contributed by atoms with Crippen molar-refractivity contribution in [2.24, 2.45) is 5.92 Å². The third kappa shape index (κ3) is 4.51. The maximum absolute atomic E-state index is 11.7. The van der Waals surface area contributed by atoms with Gasteiger partial charge in [-0.25, -0.2) is 0 Å². The number of unbranched alkanes of at least 4 members (excludes halogenated alkanes) is 2. The van der Waals surface area contributed by atoms with Crippen LogP contribution in [0, 0.1) is 5.92 Å². The summed E-state index contributed by atoms with van der Waals surface area (Å²) < 4.78 is 0. The van der Waals surface area contributed by atoms with Gasteiger partial charge in [-0.15, -0.1) is 0 Å². The van der Waals surface area contributed by atoms with Crippen LogP contribution in [0.1, 0.15) is 56.3 Å². The highest BCUT2D eigenvalue weighted by molar-refractivity contribution is 5.98. The van der Waals surface area contributed by atoms with Gasteiger partial charge in [-0.2, -0.15) is 0 Å². The Morgan fingerprint density at radius 3 is 2.53 bits per heavy atom. The average molecular weight is 239 g/mol. The average Bonchev–Trinajstić information content (AvgIpc) is 2.56. The minimum Gasteiger partial charge on any atom is -0.494 e. The first kappa shape index (κ1) is 13.6. The van der Waals surface area contributed by atoms with Crippen LogP contribution in [0.25, 0.3) is 0 Å². The van der Waals surface area contributed by atoms with Gasteiger partial charge in [0.25, 0.3) is 0 Å². The second kappa shape index (κ2) is 6.33. The summed E-state index contributed by atoms with van der Waals surface area (Å²) in [6, 6.07) is 1.27. The molecule has 0 fully saturated rings. The van der Waals surface area contributed by atoms with Crippen LogP contribution in [0.3, 0.4) is 0 Å². The van der Waals surface area contributed by atoms with Crippen LogP contribution < -0.4 is 0 Å². The number of hydrogen-bond donors (Lipinski definition) is 3. The Labute approximate surface area is 102 Å². The van der Waals surface area contributed by atoms with Crippen LogP contribution in [-0.2, 0) is 0 Å². The molecular formula is C13H21NO3. The van der Waals surface area contributed by atoms with E-state index in [9.17, 15) is 9.90 Å². The smallest absolute Gasteiger partial charge is 0.202 e. The molecule has 0 aliphatic heterocycles. The largest absolute Gasteiger partial charge is 0.494 e. The van der Waals surface area contributed by atoms with Crippen molar-refractivity contribution in [1.82, 2.24) is 4.98 Å². The minimum atomic E-state index is -0.241. The summed E-state index contributed by atoms with van der Waals surface area (Å²) >= 11 is 0. The van der Waals surface area contributed by atoms with Crippen LogP contribution in [-0.4, -0.2) is 21.0 Å². The van der Waals surface area contributed by atoms with E-state index in [0.717, 1.165) is 19.3 Å². The van der Waals surface area contributed by atoms with Gasteiger partial charge in [0.15, 0.2) is 11.7 Å². The lowest BCUT2D eigenvalue weighted by Gasteiger charge is -2.03. The lowest BCUT2D eigenvalue weighted by atomic mass is 10.0. The third-order valence-corrected chi connectivity index (χ3v) is 2.77. The molecule has 0 aliphatic carbocycles. The number of aromatic hydroxyl groups is 2. The van der Waals surface area contributed by atoms with E-state index >= 15 is 0 Å². The fourth-order valence-electron chi connectivity index (χ4n) is 1.79. The number of aromatic amines is 1. The van der Waals surface area contributed by atoms with Crippen molar-refractivity contribution in [2.45, 2.75) is 46.0 Å². The molecule has 3 N–H and O–H groups in total. The van der Waals surface area contributed by atoms with Crippen LogP contribution in [0.5, 0.6) is 11.8 Å². The van der Waals surface area contributed by atoms with Gasteiger partial charge in [0.1, 0.15) is 0 Å². The maximum Gasteiger partial charge on any atom is 0.202 e. The predicted octanol–water partition coefficient (Wildman–Crippen LogP) is 3.22. The van der Waals surface area contributed by atoms with Crippen LogP contribution >= 0.6 is 0 Å². The van der Waals surface area contributed by atoms with Gasteiger partial charge in [0.2, 0.25) is 5.88 Å². The second-order valence-corrected chi connectivity index (χ2v) is 4.83. The summed E-state index contributed by atoms with van der Waals surface area (Å²) in [4.78, 5) is 14.0. The van der Waals surface area contributed by atoms with Gasteiger partial charge in [0.05, 0.1) is 5.56 Å². The molecule has 0 aromatic carbocycles. The van der Waals surface area contributed by atoms with Gasteiger partial charge in [-0.05, 0) is 12.3 Å². The summed E-state index contributed by atoms with van der Waals surface area (Å²) in [5, 5.41) is 18.4. The maximum atomic E-state index is 11.7. The number of hydrogen-bond acceptors (Lipinski definition) is 3. The number of H-pyrrole nitrogens is 1. The fraction of sp³-hybridized carbons (Fsp3) is 0.615. The number of nitrogens with one attached hydrogen (secondary N) is 1. The van der Waals surface area contributed by atoms with Gasteiger partial charge >= 0.3 is 0 Å². The Balaban J connectivity index is 2.28. The van der Waals surface area contributed by atoms with E-state index in [4.69, 9.17) is 5.11 Å². The topological polar surface area (TPSA) is 73.3 Å². The fourth-order valence-corrected chi connectivity index (χ4v) is 1.79. The van der Waals surface area contributed by atoms with Crippen LogP contribution in [0.2, 0.25) is 0 Å². The molecule has 0 spiro atoms. The molecule has 1 aromatic heterocycles. The first-order valence-corrected chi connectivity index (χ1v) is 6.15. The lowest BCUT2D eigenvalue weighted by Crippen LogP contribution is -1.98. The number of carbonyl (C=O) groups is 1. The number of Topliss-reactive ketones (excluding diaryl/α,β-unsaturated/α-hetero) is 1. The first-order valence-electron chi connectivity index (χ1n) is 6.15. The number of carbonyl (C=O) groups excluding carboxylic acids is 1. The van der Waals surface area contributed by atoms with Crippen LogP contribution in [0.4, 0.5) is 0 Å². The second-order valence-electron chi connectivity index (χ2n) is 4.83. The Kier molecular flexibility index (Phi) is 5.07. The van der Waals surface area contributed by atoms with E-state index in [2.05, 4.69) is 18.8 Å². The van der Waals surface area contributed by atoms with Crippen molar-refractivity contribution in [2.75, 3.05) is 0 Å². The molecule has 96 valence electrons. The highest BCUT2D eigenvalue weighted by Gasteiger charge is 2.14. The van der Waals surface area contributed by atoms with Crippen molar-refractivity contribution in [3.8, 4) is 11.8 Å². The van der Waals surface area contributed by atoms with Crippen molar-refractivity contribution in [1.29, 1.82) is 0 Å². The number of rotatable bonds is 7. The van der Waals surface area contributed by atoms with E-state index < -0.39 is 0 Å². The Morgan fingerprint density at radius 2 is 2.00 bits per heavy atom. The van der Waals surface area contributed by atoms with E-state index in [-0.39, 0.29) is 23.1 Å². The zero-order chi connectivity index (χ0) is 12.8. The monoisotopic (exact) mass is 239 g/mol. The Hall–Kier alpha value is -1.45. The van der Waals surface area contributed by atoms with Gasteiger partial charge in [-0.1, -0.05) is 33.1 Å². The lowest BCUT2D eigenvalue weighted by molar-refractivity contribution is 0.0976. The summed E-state index contributed by atoms with van der Waals surface area (Å²) in [6.45, 7) is 4.37. The molecular weight excluding hydrogens is 218 g/mol. The SMILES string of the molecule is CC(C)CCCCCC(=O)c1cc(O)[nH]c1O. The van der Waals surface area contributed by atoms with E-state index in [1.807, 2.05) is 0 Å². The zero-order valence-electron chi connectivity index (χ0n) is 10.5. The van der Waals surface area contributed by atoms with Gasteiger partial charge < -0.3 is 10.2 Å². The van der Waals surface area contributed by atoms with Crippen molar-refractivity contribution in [3.63, 3.8) is 0 Å². The standard InChI is InChI=1S/C13H21NO3/c1-9(2)6-4-3-5-7-11(15)10-8-12(16)14-13(10)17/h8-9,14,16-17H,3-7H2,1-2H3. The highest BCUT2D eigenvalue weighted by atomic mass is 16.3. The molecule has 0 unspecified atom stereocenters. The molecule has 0 radical (unpaired) electrons. The predicted molar refractivity (Wildman–Crippen MR) is 66.4 cm³/mol. The summed E-state index contributed by atoms with van der Waals surface area (Å²) in [6.07, 6.45) is 4.60. The Bertz CT molecular complexity index is 369. The summed E-state index contributed by atoms with van der Waals surface area (Å²) in [5.74, 6) is 0.167. The minimum absolute atomic E-state index is 0.122. The summed E-state index contributed by atoms with van der Waals surface area (Å²) in [5.41, 5.74) is 0.186. The van der Waals surface area contributed by atoms with Crippen molar-refractivity contribution < 1.29 is 15.0 Å². The first-order chi connectivity index (χ1) is 8.00. The molecule has 1 heterocycles. The molecule has 0 aliphatic rings. The highest BCUT2D eigenvalue weighted by Crippen LogP contribution is 2.23. The Morgan fingerprint density at radius 1 is 1.29 bits per heavy atom. The number of aromatic nitrogens is 1. The molecule has 0 bridgehead atoms. The molecule has 0 amide bonds. The third-order valence-electron chi connectivity index (χ3n) is 2.77. The number of ketones is 1. The normalized spacial score (nSPS) is 11.0. The molecule has 0 saturated heterocycles. The van der Waals surface area contributed by atoms with Gasteiger partial charge in [0, 0.05) is 12.5 Å². The van der Waals surface area contributed by atoms with Gasteiger partial charge in [-0.3, -0.25) is 9.78 Å². The molecule has 0 saturated carbocycles. The molecule has 1 rings (SSSR count). The molecule has 4 nitrogen and oxygen atoms in total. The van der Waals surface area contributed by atoms with Crippen molar-refractivity contribution in [3.05, 3.63) is 11.6 Å². The van der Waals surface area contributed by atoms with Crippen molar-refractivity contribution >= 4 is 5.78 Å². The van der Waals surface area contributed by atoms with Crippen LogP contribution in [0.15, 0.2) is 6.07 Å². The molecule has 0 atom stereocenters. The van der Waals surface area contributed by atoms with E-state index in [1.165, 1.54) is 12.5 Å². The zero-order valence-corrected chi connectivity index (χ0v) is 10.5.